The predicted octanol–water partition coefficient (Wildman–Crippen LogP) is 3.44. The first kappa shape index (κ1) is 13.8. The molecule has 0 aliphatic heterocycles. The zero-order chi connectivity index (χ0) is 13.7. The van der Waals surface area contributed by atoms with Gasteiger partial charge in [0.05, 0.1) is 23.4 Å². The molecular formula is C15H17ClN2O. The van der Waals surface area contributed by atoms with Crippen LogP contribution < -0.4 is 10.1 Å². The van der Waals surface area contributed by atoms with Gasteiger partial charge in [-0.05, 0) is 43.8 Å². The summed E-state index contributed by atoms with van der Waals surface area (Å²) in [6.07, 6.45) is 1.75. The van der Waals surface area contributed by atoms with Crippen molar-refractivity contribution in [2.24, 2.45) is 0 Å². The monoisotopic (exact) mass is 276 g/mol. The zero-order valence-corrected chi connectivity index (χ0v) is 11.8. The van der Waals surface area contributed by atoms with Gasteiger partial charge in [-0.1, -0.05) is 23.7 Å². The number of nitrogens with zero attached hydrogens (tertiary/aromatic N) is 1. The van der Waals surface area contributed by atoms with Gasteiger partial charge >= 0.3 is 0 Å². The number of pyridine rings is 1. The molecule has 1 aromatic carbocycles. The summed E-state index contributed by atoms with van der Waals surface area (Å²) < 4.78 is 5.44. The number of ether oxygens (including phenoxy) is 1. The predicted molar refractivity (Wildman–Crippen MR) is 77.8 cm³/mol. The molecule has 2 aromatic rings. The van der Waals surface area contributed by atoms with Gasteiger partial charge in [-0.2, -0.15) is 0 Å². The van der Waals surface area contributed by atoms with Gasteiger partial charge in [0.15, 0.2) is 0 Å². The van der Waals surface area contributed by atoms with Crippen LogP contribution in [-0.4, -0.2) is 18.6 Å². The van der Waals surface area contributed by atoms with E-state index in [2.05, 4.69) is 10.3 Å². The Morgan fingerprint density at radius 1 is 1.26 bits per heavy atom. The van der Waals surface area contributed by atoms with Crippen molar-refractivity contribution in [3.05, 3.63) is 58.9 Å². The normalized spacial score (nSPS) is 12.2. The molecule has 19 heavy (non-hydrogen) atoms. The Morgan fingerprint density at radius 2 is 2.00 bits per heavy atom. The zero-order valence-electron chi connectivity index (χ0n) is 11.1. The fourth-order valence-electron chi connectivity index (χ4n) is 1.99. The molecule has 0 aliphatic rings. The topological polar surface area (TPSA) is 34.1 Å². The molecule has 0 bridgehead atoms. The molecule has 2 rings (SSSR count). The molecule has 1 N–H and O–H groups in total. The van der Waals surface area contributed by atoms with Crippen LogP contribution in [0.3, 0.4) is 0 Å². The summed E-state index contributed by atoms with van der Waals surface area (Å²) in [5, 5.41) is 3.90. The third-order valence-electron chi connectivity index (χ3n) is 2.87. The second-order valence-corrected chi connectivity index (χ2v) is 4.50. The van der Waals surface area contributed by atoms with Gasteiger partial charge in [-0.3, -0.25) is 4.98 Å². The van der Waals surface area contributed by atoms with Crippen molar-refractivity contribution in [1.29, 1.82) is 0 Å². The Kier molecular flexibility index (Phi) is 4.77. The van der Waals surface area contributed by atoms with Crippen molar-refractivity contribution in [1.82, 2.24) is 10.3 Å². The maximum atomic E-state index is 6.20. The Hall–Kier alpha value is -1.58. The summed E-state index contributed by atoms with van der Waals surface area (Å²) >= 11 is 6.20. The average molecular weight is 277 g/mol. The Morgan fingerprint density at radius 3 is 2.58 bits per heavy atom. The summed E-state index contributed by atoms with van der Waals surface area (Å²) in [5.74, 6) is 0.869. The van der Waals surface area contributed by atoms with E-state index in [1.807, 2.05) is 50.4 Å². The fraction of sp³-hybridized carbons (Fsp3) is 0.267. The lowest BCUT2D eigenvalue weighted by molar-refractivity contribution is 0.340. The minimum Gasteiger partial charge on any atom is -0.494 e. The van der Waals surface area contributed by atoms with Crippen molar-refractivity contribution in [3.63, 3.8) is 0 Å². The lowest BCUT2D eigenvalue weighted by atomic mass is 10.0. The first-order valence-electron chi connectivity index (χ1n) is 6.26. The third kappa shape index (κ3) is 3.25. The average Bonchev–Trinajstić information content (AvgIpc) is 2.44. The number of benzene rings is 1. The van der Waals surface area contributed by atoms with E-state index >= 15 is 0 Å². The number of halogens is 1. The van der Waals surface area contributed by atoms with Crippen molar-refractivity contribution in [2.75, 3.05) is 13.7 Å². The smallest absolute Gasteiger partial charge is 0.119 e. The van der Waals surface area contributed by atoms with Crippen LogP contribution in [0.1, 0.15) is 24.2 Å². The second-order valence-electron chi connectivity index (χ2n) is 4.09. The SMILES string of the molecule is CCOc1ccc(C(NC)c2ncccc2Cl)cc1. The van der Waals surface area contributed by atoms with E-state index in [9.17, 15) is 0 Å². The molecule has 1 atom stereocenters. The number of aromatic nitrogens is 1. The third-order valence-corrected chi connectivity index (χ3v) is 3.19. The van der Waals surface area contributed by atoms with E-state index in [1.54, 1.807) is 6.20 Å². The van der Waals surface area contributed by atoms with Crippen LogP contribution in [0.5, 0.6) is 5.75 Å². The maximum Gasteiger partial charge on any atom is 0.119 e. The summed E-state index contributed by atoms with van der Waals surface area (Å²) in [5.41, 5.74) is 1.93. The largest absolute Gasteiger partial charge is 0.494 e. The van der Waals surface area contributed by atoms with Crippen LogP contribution in [0.2, 0.25) is 5.02 Å². The van der Waals surface area contributed by atoms with Crippen molar-refractivity contribution >= 4 is 11.6 Å². The number of hydrogen-bond acceptors (Lipinski definition) is 3. The highest BCUT2D eigenvalue weighted by molar-refractivity contribution is 6.31. The van der Waals surface area contributed by atoms with E-state index < -0.39 is 0 Å². The maximum absolute atomic E-state index is 6.20. The van der Waals surface area contributed by atoms with Crippen molar-refractivity contribution in [2.45, 2.75) is 13.0 Å². The van der Waals surface area contributed by atoms with E-state index in [1.165, 1.54) is 0 Å². The number of rotatable bonds is 5. The minimum atomic E-state index is -0.0237. The molecule has 3 nitrogen and oxygen atoms in total. The highest BCUT2D eigenvalue weighted by atomic mass is 35.5. The molecule has 100 valence electrons. The van der Waals surface area contributed by atoms with Crippen LogP contribution in [0, 0.1) is 0 Å². The standard InChI is InChI=1S/C15H17ClN2O/c1-3-19-12-8-6-11(7-9-12)14(17-2)15-13(16)5-4-10-18-15/h4-10,14,17H,3H2,1-2H3. The van der Waals surface area contributed by atoms with Gasteiger partial charge in [-0.25, -0.2) is 0 Å². The second kappa shape index (κ2) is 6.55. The summed E-state index contributed by atoms with van der Waals surface area (Å²) in [6.45, 7) is 2.64. The lowest BCUT2D eigenvalue weighted by Crippen LogP contribution is -2.19. The van der Waals surface area contributed by atoms with Crippen LogP contribution in [-0.2, 0) is 0 Å². The molecular weight excluding hydrogens is 260 g/mol. The van der Waals surface area contributed by atoms with E-state index in [4.69, 9.17) is 16.3 Å². The van der Waals surface area contributed by atoms with Gasteiger partial charge in [-0.15, -0.1) is 0 Å². The van der Waals surface area contributed by atoms with Gasteiger partial charge in [0.2, 0.25) is 0 Å². The molecule has 0 aliphatic carbocycles. The van der Waals surface area contributed by atoms with Gasteiger partial charge in [0, 0.05) is 6.20 Å². The summed E-state index contributed by atoms with van der Waals surface area (Å²) in [6, 6.07) is 11.6. The molecule has 1 heterocycles. The first-order valence-corrected chi connectivity index (χ1v) is 6.64. The molecule has 0 spiro atoms. The van der Waals surface area contributed by atoms with Crippen molar-refractivity contribution in [3.8, 4) is 5.75 Å². The fourth-order valence-corrected chi connectivity index (χ4v) is 2.23. The lowest BCUT2D eigenvalue weighted by Gasteiger charge is -2.17. The molecule has 0 fully saturated rings. The Labute approximate surface area is 118 Å². The van der Waals surface area contributed by atoms with Crippen LogP contribution in [0.25, 0.3) is 0 Å². The summed E-state index contributed by atoms with van der Waals surface area (Å²) in [7, 11) is 1.89. The van der Waals surface area contributed by atoms with Gasteiger partial charge in [0.25, 0.3) is 0 Å². The van der Waals surface area contributed by atoms with Gasteiger partial charge in [0.1, 0.15) is 5.75 Å². The molecule has 4 heteroatoms. The first-order chi connectivity index (χ1) is 9.26. The van der Waals surface area contributed by atoms with E-state index in [-0.39, 0.29) is 6.04 Å². The molecule has 0 radical (unpaired) electrons. The van der Waals surface area contributed by atoms with Crippen molar-refractivity contribution < 1.29 is 4.74 Å². The molecule has 1 aromatic heterocycles. The highest BCUT2D eigenvalue weighted by Crippen LogP contribution is 2.27. The molecule has 0 saturated heterocycles. The van der Waals surface area contributed by atoms with Crippen LogP contribution >= 0.6 is 11.6 Å². The molecule has 0 amide bonds. The van der Waals surface area contributed by atoms with E-state index in [0.717, 1.165) is 17.0 Å². The number of hydrogen-bond donors (Lipinski definition) is 1. The molecule has 0 saturated carbocycles. The molecule has 1 unspecified atom stereocenters. The Bertz CT molecular complexity index is 528. The number of nitrogens with one attached hydrogen (secondary N) is 1. The van der Waals surface area contributed by atoms with Crippen LogP contribution in [0.15, 0.2) is 42.6 Å². The highest BCUT2D eigenvalue weighted by Gasteiger charge is 2.16. The van der Waals surface area contributed by atoms with Gasteiger partial charge < -0.3 is 10.1 Å². The summed E-state index contributed by atoms with van der Waals surface area (Å²) in [4.78, 5) is 4.36. The minimum absolute atomic E-state index is 0.0237. The van der Waals surface area contributed by atoms with E-state index in [0.29, 0.717) is 11.6 Å². The Balaban J connectivity index is 2.29. The quantitative estimate of drug-likeness (QED) is 0.908. The van der Waals surface area contributed by atoms with Crippen LogP contribution in [0.4, 0.5) is 0 Å².